The molecule has 2 aromatic carbocycles. The van der Waals surface area contributed by atoms with Crippen molar-refractivity contribution >= 4 is 11.6 Å². The maximum absolute atomic E-state index is 13.5. The Labute approximate surface area is 129 Å². The van der Waals surface area contributed by atoms with E-state index in [0.29, 0.717) is 30.0 Å². The van der Waals surface area contributed by atoms with Gasteiger partial charge in [-0.05, 0) is 42.3 Å². The highest BCUT2D eigenvalue weighted by Crippen LogP contribution is 2.16. The largest absolute Gasteiger partial charge is 0.490 e. The van der Waals surface area contributed by atoms with E-state index in [0.717, 1.165) is 0 Å². The van der Waals surface area contributed by atoms with Crippen LogP contribution in [0.4, 0.5) is 10.1 Å². The van der Waals surface area contributed by atoms with E-state index in [4.69, 9.17) is 4.74 Å². The van der Waals surface area contributed by atoms with E-state index in [1.54, 1.807) is 48.5 Å². The Morgan fingerprint density at radius 3 is 2.59 bits per heavy atom. The third-order valence-corrected chi connectivity index (χ3v) is 3.09. The summed E-state index contributed by atoms with van der Waals surface area (Å²) in [4.78, 5) is 11.9. The second-order valence-electron chi connectivity index (χ2n) is 4.76. The first kappa shape index (κ1) is 15.8. The van der Waals surface area contributed by atoms with Crippen LogP contribution in [-0.2, 0) is 11.2 Å². The highest BCUT2D eigenvalue weighted by Gasteiger charge is 2.06. The summed E-state index contributed by atoms with van der Waals surface area (Å²) in [5, 5.41) is 2.78. The molecule has 0 aliphatic rings. The minimum atomic E-state index is -0.279. The first-order chi connectivity index (χ1) is 10.7. The summed E-state index contributed by atoms with van der Waals surface area (Å²) < 4.78 is 18.8. The second kappa shape index (κ2) is 7.98. The van der Waals surface area contributed by atoms with Crippen LogP contribution in [0.2, 0.25) is 0 Å². The van der Waals surface area contributed by atoms with Crippen LogP contribution in [0.1, 0.15) is 12.0 Å². The highest BCUT2D eigenvalue weighted by molar-refractivity contribution is 5.90. The van der Waals surface area contributed by atoms with Crippen LogP contribution in [0.3, 0.4) is 0 Å². The monoisotopic (exact) mass is 299 g/mol. The molecular formula is C18H18FNO2. The maximum Gasteiger partial charge on any atom is 0.224 e. The molecule has 3 nitrogen and oxygen atoms in total. The van der Waals surface area contributed by atoms with E-state index in [1.807, 2.05) is 0 Å². The molecule has 0 fully saturated rings. The quantitative estimate of drug-likeness (QED) is 0.786. The van der Waals surface area contributed by atoms with Gasteiger partial charge in [-0.3, -0.25) is 4.79 Å². The number of nitrogens with one attached hydrogen (secondary N) is 1. The zero-order valence-corrected chi connectivity index (χ0v) is 12.2. The van der Waals surface area contributed by atoms with Crippen LogP contribution in [-0.4, -0.2) is 12.5 Å². The van der Waals surface area contributed by atoms with Gasteiger partial charge in [0.05, 0.1) is 0 Å². The molecule has 0 aliphatic heterocycles. The number of halogens is 1. The lowest BCUT2D eigenvalue weighted by atomic mass is 10.1. The van der Waals surface area contributed by atoms with Crippen molar-refractivity contribution in [3.05, 3.63) is 72.6 Å². The van der Waals surface area contributed by atoms with Crippen molar-refractivity contribution < 1.29 is 13.9 Å². The summed E-state index contributed by atoms with van der Waals surface area (Å²) >= 11 is 0. The number of rotatable bonds is 7. The van der Waals surface area contributed by atoms with Gasteiger partial charge in [-0.15, -0.1) is 0 Å². The van der Waals surface area contributed by atoms with E-state index >= 15 is 0 Å². The number of hydrogen-bond acceptors (Lipinski definition) is 2. The van der Waals surface area contributed by atoms with Crippen LogP contribution in [0.25, 0.3) is 0 Å². The van der Waals surface area contributed by atoms with Crippen LogP contribution >= 0.6 is 0 Å². The predicted octanol–water partition coefficient (Wildman–Crippen LogP) is 3.96. The zero-order chi connectivity index (χ0) is 15.8. The van der Waals surface area contributed by atoms with Crippen molar-refractivity contribution in [1.82, 2.24) is 0 Å². The Bertz CT molecular complexity index is 638. The molecule has 2 rings (SSSR count). The molecule has 0 atom stereocenters. The lowest BCUT2D eigenvalue weighted by Gasteiger charge is -2.07. The van der Waals surface area contributed by atoms with Crippen molar-refractivity contribution in [2.75, 3.05) is 11.9 Å². The Kier molecular flexibility index (Phi) is 5.72. The number of carbonyl (C=O) groups is 1. The molecule has 0 radical (unpaired) electrons. The van der Waals surface area contributed by atoms with Gasteiger partial charge in [-0.1, -0.05) is 30.9 Å². The van der Waals surface area contributed by atoms with Crippen molar-refractivity contribution in [3.63, 3.8) is 0 Å². The number of aryl methyl sites for hydroxylation is 1. The number of anilines is 1. The molecule has 4 heteroatoms. The molecule has 0 aromatic heterocycles. The number of benzene rings is 2. The van der Waals surface area contributed by atoms with Gasteiger partial charge in [-0.25, -0.2) is 4.39 Å². The molecular weight excluding hydrogens is 281 g/mol. The molecule has 0 bridgehead atoms. The Morgan fingerprint density at radius 1 is 1.18 bits per heavy atom. The lowest BCUT2D eigenvalue weighted by molar-refractivity contribution is -0.116. The van der Waals surface area contributed by atoms with E-state index in [1.165, 1.54) is 6.07 Å². The van der Waals surface area contributed by atoms with Gasteiger partial charge in [0.25, 0.3) is 0 Å². The maximum atomic E-state index is 13.5. The lowest BCUT2D eigenvalue weighted by Crippen LogP contribution is -2.12. The predicted molar refractivity (Wildman–Crippen MR) is 85.5 cm³/mol. The van der Waals surface area contributed by atoms with Gasteiger partial charge in [-0.2, -0.15) is 0 Å². The fraction of sp³-hybridized carbons (Fsp3) is 0.167. The van der Waals surface area contributed by atoms with Gasteiger partial charge in [0.15, 0.2) is 0 Å². The molecule has 114 valence electrons. The third-order valence-electron chi connectivity index (χ3n) is 3.09. The summed E-state index contributed by atoms with van der Waals surface area (Å²) in [6, 6.07) is 13.6. The molecule has 0 saturated carbocycles. The van der Waals surface area contributed by atoms with Crippen LogP contribution < -0.4 is 10.1 Å². The Balaban J connectivity index is 1.84. The van der Waals surface area contributed by atoms with Gasteiger partial charge in [0.1, 0.15) is 18.2 Å². The topological polar surface area (TPSA) is 38.3 Å². The molecule has 1 amide bonds. The third kappa shape index (κ3) is 4.74. The summed E-state index contributed by atoms with van der Waals surface area (Å²) in [5.41, 5.74) is 1.23. The fourth-order valence-corrected chi connectivity index (χ4v) is 1.96. The molecule has 2 aromatic rings. The zero-order valence-electron chi connectivity index (χ0n) is 12.2. The fourth-order valence-electron chi connectivity index (χ4n) is 1.96. The van der Waals surface area contributed by atoms with E-state index in [2.05, 4.69) is 11.9 Å². The van der Waals surface area contributed by atoms with Crippen molar-refractivity contribution in [1.29, 1.82) is 0 Å². The summed E-state index contributed by atoms with van der Waals surface area (Å²) in [5.74, 6) is 0.284. The first-order valence-corrected chi connectivity index (χ1v) is 7.06. The molecule has 0 aliphatic carbocycles. The Hall–Kier alpha value is -2.62. The second-order valence-corrected chi connectivity index (χ2v) is 4.76. The van der Waals surface area contributed by atoms with E-state index < -0.39 is 0 Å². The average molecular weight is 299 g/mol. The summed E-state index contributed by atoms with van der Waals surface area (Å²) in [6.45, 7) is 4.01. The summed E-state index contributed by atoms with van der Waals surface area (Å²) in [7, 11) is 0. The first-order valence-electron chi connectivity index (χ1n) is 7.06. The normalized spacial score (nSPS) is 10.0. The van der Waals surface area contributed by atoms with E-state index in [9.17, 15) is 9.18 Å². The smallest absolute Gasteiger partial charge is 0.224 e. The molecule has 0 saturated heterocycles. The SMILES string of the molecule is C=CCOc1ccc(NC(=O)CCc2ccccc2F)cc1. The number of amides is 1. The molecule has 1 N–H and O–H groups in total. The summed E-state index contributed by atoms with van der Waals surface area (Å²) in [6.07, 6.45) is 2.27. The minimum Gasteiger partial charge on any atom is -0.490 e. The van der Waals surface area contributed by atoms with Crippen molar-refractivity contribution in [2.45, 2.75) is 12.8 Å². The van der Waals surface area contributed by atoms with Gasteiger partial charge in [0.2, 0.25) is 5.91 Å². The number of hydrogen-bond donors (Lipinski definition) is 1. The van der Waals surface area contributed by atoms with Crippen LogP contribution in [0.15, 0.2) is 61.2 Å². The number of ether oxygens (including phenoxy) is 1. The number of carbonyl (C=O) groups excluding carboxylic acids is 1. The van der Waals surface area contributed by atoms with Crippen molar-refractivity contribution in [2.24, 2.45) is 0 Å². The van der Waals surface area contributed by atoms with Gasteiger partial charge < -0.3 is 10.1 Å². The molecule has 0 spiro atoms. The van der Waals surface area contributed by atoms with Gasteiger partial charge >= 0.3 is 0 Å². The van der Waals surface area contributed by atoms with Gasteiger partial charge in [0, 0.05) is 12.1 Å². The molecule has 0 heterocycles. The van der Waals surface area contributed by atoms with Crippen LogP contribution in [0, 0.1) is 5.82 Å². The van der Waals surface area contributed by atoms with Crippen LogP contribution in [0.5, 0.6) is 5.75 Å². The average Bonchev–Trinajstić information content (AvgIpc) is 2.53. The molecule has 22 heavy (non-hydrogen) atoms. The van der Waals surface area contributed by atoms with Crippen molar-refractivity contribution in [3.8, 4) is 5.75 Å². The molecule has 0 unspecified atom stereocenters. The minimum absolute atomic E-state index is 0.150. The highest BCUT2D eigenvalue weighted by atomic mass is 19.1. The van der Waals surface area contributed by atoms with E-state index in [-0.39, 0.29) is 18.1 Å². The Morgan fingerprint density at radius 2 is 1.91 bits per heavy atom. The standard InChI is InChI=1S/C18H18FNO2/c1-2-13-22-16-10-8-15(9-11-16)20-18(21)12-7-14-5-3-4-6-17(14)19/h2-6,8-11H,1,7,12-13H2,(H,20,21).